The van der Waals surface area contributed by atoms with Crippen molar-refractivity contribution in [2.45, 2.75) is 19.8 Å². The third kappa shape index (κ3) is 2.39. The van der Waals surface area contributed by atoms with Crippen LogP contribution in [0, 0.1) is 0 Å². The first-order chi connectivity index (χ1) is 12.2. The van der Waals surface area contributed by atoms with E-state index in [9.17, 15) is 9.59 Å². The fourth-order valence-corrected chi connectivity index (χ4v) is 3.37. The Labute approximate surface area is 145 Å². The number of carbonyl (C=O) groups is 2. The summed E-state index contributed by atoms with van der Waals surface area (Å²) in [6, 6.07) is 9.64. The van der Waals surface area contributed by atoms with Gasteiger partial charge in [-0.3, -0.25) is 14.5 Å². The Balaban J connectivity index is 1.91. The number of hydrogen-bond donors (Lipinski definition) is 2. The first-order valence-corrected chi connectivity index (χ1v) is 8.52. The normalized spacial score (nSPS) is 15.0. The number of nitrogens with one attached hydrogen (secondary N) is 2. The van der Waals surface area contributed by atoms with E-state index < -0.39 is 0 Å². The molecule has 0 radical (unpaired) electrons. The Kier molecular flexibility index (Phi) is 3.76. The van der Waals surface area contributed by atoms with Gasteiger partial charge in [-0.05, 0) is 18.6 Å². The zero-order valence-electron chi connectivity index (χ0n) is 14.0. The van der Waals surface area contributed by atoms with Gasteiger partial charge in [-0.1, -0.05) is 31.5 Å². The molecule has 1 aliphatic heterocycles. The average Bonchev–Trinajstić information content (AvgIpc) is 3.33. The second-order valence-electron chi connectivity index (χ2n) is 6.21. The monoisotopic (exact) mass is 333 g/mol. The highest BCUT2D eigenvalue weighted by atomic mass is 16.2. The molecule has 1 aromatic carbocycles. The lowest BCUT2D eigenvalue weighted by atomic mass is 9.97. The molecule has 4 rings (SSSR count). The molecule has 3 heterocycles. The summed E-state index contributed by atoms with van der Waals surface area (Å²) in [5.74, 6) is -0.419. The van der Waals surface area contributed by atoms with Crippen LogP contribution in [-0.2, 0) is 9.59 Å². The number of hydrogen-bond acceptors (Lipinski definition) is 2. The summed E-state index contributed by atoms with van der Waals surface area (Å²) in [6.07, 6.45) is 7.08. The van der Waals surface area contributed by atoms with E-state index in [1.54, 1.807) is 12.4 Å². The zero-order valence-corrected chi connectivity index (χ0v) is 14.0. The highest BCUT2D eigenvalue weighted by Crippen LogP contribution is 2.38. The molecule has 0 fully saturated rings. The van der Waals surface area contributed by atoms with Gasteiger partial charge in [0.05, 0.1) is 11.1 Å². The Morgan fingerprint density at radius 3 is 2.56 bits per heavy atom. The van der Waals surface area contributed by atoms with Gasteiger partial charge >= 0.3 is 0 Å². The molecule has 0 saturated heterocycles. The summed E-state index contributed by atoms with van der Waals surface area (Å²) in [5.41, 5.74) is 3.44. The summed E-state index contributed by atoms with van der Waals surface area (Å²) >= 11 is 0. The highest BCUT2D eigenvalue weighted by molar-refractivity contribution is 6.49. The zero-order chi connectivity index (χ0) is 17.4. The minimum Gasteiger partial charge on any atom is -0.367 e. The highest BCUT2D eigenvalue weighted by Gasteiger charge is 2.39. The number of H-pyrrole nitrogens is 2. The van der Waals surface area contributed by atoms with E-state index in [4.69, 9.17) is 0 Å². The fraction of sp³-hybridized carbons (Fsp3) is 0.200. The van der Waals surface area contributed by atoms with Crippen LogP contribution in [-0.4, -0.2) is 33.2 Å². The van der Waals surface area contributed by atoms with E-state index in [1.165, 1.54) is 4.90 Å². The minimum atomic E-state index is -0.210. The molecule has 1 aliphatic rings. The molecule has 0 aliphatic carbocycles. The molecule has 0 unspecified atom stereocenters. The third-order valence-corrected chi connectivity index (χ3v) is 4.65. The van der Waals surface area contributed by atoms with Crippen molar-refractivity contribution in [1.82, 2.24) is 14.9 Å². The summed E-state index contributed by atoms with van der Waals surface area (Å²) in [6.45, 7) is 2.50. The van der Waals surface area contributed by atoms with Crippen LogP contribution in [0.1, 0.15) is 30.9 Å². The lowest BCUT2D eigenvalue weighted by Gasteiger charge is -2.14. The third-order valence-electron chi connectivity index (χ3n) is 4.65. The molecule has 25 heavy (non-hydrogen) atoms. The molecule has 2 aromatic heterocycles. The standard InChI is InChI=1S/C20H19N3O2/c1-2-3-10-23-19(24)17(13-8-9-21-11-13)18(20(23)25)15-12-22-16-7-5-4-6-14(15)16/h4-9,11-12,21-22H,2-3,10H2,1H3. The molecular formula is C20H19N3O2. The molecule has 2 amide bonds. The molecule has 0 spiro atoms. The van der Waals surface area contributed by atoms with Crippen molar-refractivity contribution in [3.8, 4) is 0 Å². The summed E-state index contributed by atoms with van der Waals surface area (Å²) in [4.78, 5) is 33.6. The number of aromatic nitrogens is 2. The number of imide groups is 1. The molecule has 0 atom stereocenters. The van der Waals surface area contributed by atoms with Crippen LogP contribution in [0.4, 0.5) is 0 Å². The van der Waals surface area contributed by atoms with Gasteiger partial charge < -0.3 is 9.97 Å². The Morgan fingerprint density at radius 1 is 1.00 bits per heavy atom. The van der Waals surface area contributed by atoms with Crippen molar-refractivity contribution in [2.75, 3.05) is 6.54 Å². The smallest absolute Gasteiger partial charge is 0.262 e. The van der Waals surface area contributed by atoms with Gasteiger partial charge in [0.2, 0.25) is 0 Å². The topological polar surface area (TPSA) is 69.0 Å². The second kappa shape index (κ2) is 6.09. The van der Waals surface area contributed by atoms with Crippen LogP contribution in [0.15, 0.2) is 48.9 Å². The summed E-state index contributed by atoms with van der Waals surface area (Å²) < 4.78 is 0. The van der Waals surface area contributed by atoms with Crippen LogP contribution < -0.4 is 0 Å². The lowest BCUT2D eigenvalue weighted by molar-refractivity contribution is -0.136. The number of aromatic amines is 2. The molecule has 0 bridgehead atoms. The number of unbranched alkanes of at least 4 members (excludes halogenated alkanes) is 1. The number of benzene rings is 1. The number of carbonyl (C=O) groups excluding carboxylic acids is 2. The van der Waals surface area contributed by atoms with Crippen molar-refractivity contribution in [3.05, 3.63) is 60.0 Å². The summed E-state index contributed by atoms with van der Waals surface area (Å²) in [7, 11) is 0. The minimum absolute atomic E-state index is 0.209. The summed E-state index contributed by atoms with van der Waals surface area (Å²) in [5, 5.41) is 0.948. The van der Waals surface area contributed by atoms with E-state index in [0.717, 1.165) is 34.9 Å². The van der Waals surface area contributed by atoms with E-state index in [2.05, 4.69) is 9.97 Å². The number of nitrogens with zero attached hydrogens (tertiary/aromatic N) is 1. The van der Waals surface area contributed by atoms with Gasteiger partial charge in [-0.2, -0.15) is 0 Å². The molecule has 2 N–H and O–H groups in total. The Bertz CT molecular complexity index is 979. The van der Waals surface area contributed by atoms with Gasteiger partial charge in [-0.15, -0.1) is 0 Å². The van der Waals surface area contributed by atoms with Gasteiger partial charge in [0.25, 0.3) is 11.8 Å². The van der Waals surface area contributed by atoms with Crippen molar-refractivity contribution >= 4 is 33.9 Å². The van der Waals surface area contributed by atoms with Gasteiger partial charge in [0.15, 0.2) is 0 Å². The van der Waals surface area contributed by atoms with E-state index >= 15 is 0 Å². The van der Waals surface area contributed by atoms with Crippen LogP contribution in [0.5, 0.6) is 0 Å². The van der Waals surface area contributed by atoms with Gasteiger partial charge in [-0.25, -0.2) is 0 Å². The molecule has 5 nitrogen and oxygen atoms in total. The Hall–Kier alpha value is -3.08. The predicted molar refractivity (Wildman–Crippen MR) is 97.5 cm³/mol. The van der Waals surface area contributed by atoms with Gasteiger partial charge in [0, 0.05) is 47.2 Å². The quantitative estimate of drug-likeness (QED) is 0.701. The SMILES string of the molecule is CCCCN1C(=O)C(c2cc[nH]c2)=C(c2c[nH]c3ccccc23)C1=O. The maximum absolute atomic E-state index is 13.1. The van der Waals surface area contributed by atoms with Crippen molar-refractivity contribution in [3.63, 3.8) is 0 Å². The first-order valence-electron chi connectivity index (χ1n) is 8.52. The number of para-hydroxylation sites is 1. The number of rotatable bonds is 5. The number of amides is 2. The van der Waals surface area contributed by atoms with E-state index in [-0.39, 0.29) is 11.8 Å². The fourth-order valence-electron chi connectivity index (χ4n) is 3.37. The molecule has 5 heteroatoms. The van der Waals surface area contributed by atoms with Crippen LogP contribution in [0.25, 0.3) is 22.0 Å². The van der Waals surface area contributed by atoms with Crippen LogP contribution in [0.3, 0.4) is 0 Å². The molecular weight excluding hydrogens is 314 g/mol. The predicted octanol–water partition coefficient (Wildman–Crippen LogP) is 3.58. The molecule has 3 aromatic rings. The van der Waals surface area contributed by atoms with Crippen molar-refractivity contribution in [2.24, 2.45) is 0 Å². The first kappa shape index (κ1) is 15.4. The van der Waals surface area contributed by atoms with Crippen LogP contribution >= 0.6 is 0 Å². The van der Waals surface area contributed by atoms with Crippen molar-refractivity contribution < 1.29 is 9.59 Å². The van der Waals surface area contributed by atoms with E-state index in [1.807, 2.05) is 43.5 Å². The molecule has 0 saturated carbocycles. The second-order valence-corrected chi connectivity index (χ2v) is 6.21. The van der Waals surface area contributed by atoms with Crippen molar-refractivity contribution in [1.29, 1.82) is 0 Å². The Morgan fingerprint density at radius 2 is 1.80 bits per heavy atom. The van der Waals surface area contributed by atoms with E-state index in [0.29, 0.717) is 17.7 Å². The average molecular weight is 333 g/mol. The molecule has 126 valence electrons. The van der Waals surface area contributed by atoms with Crippen LogP contribution in [0.2, 0.25) is 0 Å². The maximum atomic E-state index is 13.1. The largest absolute Gasteiger partial charge is 0.367 e. The number of fused-ring (bicyclic) bond motifs is 1. The lowest BCUT2D eigenvalue weighted by Crippen LogP contribution is -2.32. The maximum Gasteiger partial charge on any atom is 0.262 e. The van der Waals surface area contributed by atoms with Gasteiger partial charge in [0.1, 0.15) is 0 Å².